The summed E-state index contributed by atoms with van der Waals surface area (Å²) in [6.45, 7) is 2.15. The Morgan fingerprint density at radius 3 is 2.72 bits per heavy atom. The molecule has 1 amide bonds. The molecule has 0 radical (unpaired) electrons. The van der Waals surface area contributed by atoms with E-state index in [1.165, 1.54) is 0 Å². The lowest BCUT2D eigenvalue weighted by atomic mass is 9.85. The van der Waals surface area contributed by atoms with Crippen molar-refractivity contribution in [2.24, 2.45) is 11.7 Å². The molecule has 0 saturated heterocycles. The third-order valence-corrected chi connectivity index (χ3v) is 3.86. The second kappa shape index (κ2) is 6.05. The molecule has 1 aromatic rings. The Kier molecular flexibility index (Phi) is 4.42. The molecule has 4 heteroatoms. The fourth-order valence-electron chi connectivity index (χ4n) is 2.72. The van der Waals surface area contributed by atoms with E-state index >= 15 is 0 Å². The number of carbonyl (C=O) groups is 1. The molecule has 100 valence electrons. The zero-order chi connectivity index (χ0) is 13.0. The van der Waals surface area contributed by atoms with E-state index < -0.39 is 0 Å². The van der Waals surface area contributed by atoms with E-state index in [-0.39, 0.29) is 17.9 Å². The molecule has 0 bridgehead atoms. The number of amides is 1. The van der Waals surface area contributed by atoms with Gasteiger partial charge in [0.15, 0.2) is 0 Å². The van der Waals surface area contributed by atoms with Crippen LogP contribution >= 0.6 is 0 Å². The topological polar surface area (TPSA) is 68.3 Å². The van der Waals surface area contributed by atoms with Gasteiger partial charge < -0.3 is 15.5 Å². The molecular formula is C14H22N2O2. The molecule has 0 spiro atoms. The van der Waals surface area contributed by atoms with E-state index in [0.29, 0.717) is 6.04 Å². The Hall–Kier alpha value is -1.29. The van der Waals surface area contributed by atoms with Crippen LogP contribution in [0.25, 0.3) is 0 Å². The first kappa shape index (κ1) is 13.1. The van der Waals surface area contributed by atoms with Crippen LogP contribution in [0.15, 0.2) is 22.8 Å². The van der Waals surface area contributed by atoms with Gasteiger partial charge in [-0.2, -0.15) is 0 Å². The largest absolute Gasteiger partial charge is 0.468 e. The molecule has 3 N–H and O–H groups in total. The number of hydrogen-bond donors (Lipinski definition) is 2. The maximum atomic E-state index is 11.1. The van der Waals surface area contributed by atoms with Gasteiger partial charge in [0.1, 0.15) is 5.76 Å². The second-order valence-electron chi connectivity index (χ2n) is 5.09. The molecule has 1 fully saturated rings. The Labute approximate surface area is 108 Å². The summed E-state index contributed by atoms with van der Waals surface area (Å²) >= 11 is 0. The average Bonchev–Trinajstić information content (AvgIpc) is 2.90. The quantitative estimate of drug-likeness (QED) is 0.843. The van der Waals surface area contributed by atoms with Crippen LogP contribution in [-0.4, -0.2) is 11.9 Å². The highest BCUT2D eigenvalue weighted by molar-refractivity contribution is 5.76. The van der Waals surface area contributed by atoms with Crippen molar-refractivity contribution in [1.82, 2.24) is 5.32 Å². The molecule has 4 nitrogen and oxygen atoms in total. The lowest BCUT2D eigenvalue weighted by Gasteiger charge is -2.30. The van der Waals surface area contributed by atoms with Gasteiger partial charge in [0.05, 0.1) is 12.3 Å². The normalized spacial score (nSPS) is 25.8. The van der Waals surface area contributed by atoms with E-state index in [4.69, 9.17) is 10.2 Å². The van der Waals surface area contributed by atoms with Gasteiger partial charge in [-0.25, -0.2) is 0 Å². The Morgan fingerprint density at radius 2 is 2.22 bits per heavy atom. The zero-order valence-corrected chi connectivity index (χ0v) is 10.9. The van der Waals surface area contributed by atoms with Crippen LogP contribution in [0.3, 0.4) is 0 Å². The fraction of sp³-hybridized carbons (Fsp3) is 0.643. The van der Waals surface area contributed by atoms with Crippen LogP contribution in [0.1, 0.15) is 50.8 Å². The average molecular weight is 250 g/mol. The minimum Gasteiger partial charge on any atom is -0.468 e. The summed E-state index contributed by atoms with van der Waals surface area (Å²) < 4.78 is 5.45. The van der Waals surface area contributed by atoms with Gasteiger partial charge in [-0.15, -0.1) is 0 Å². The Balaban J connectivity index is 1.85. The summed E-state index contributed by atoms with van der Waals surface area (Å²) in [5.41, 5.74) is 5.34. The van der Waals surface area contributed by atoms with Gasteiger partial charge in [0.25, 0.3) is 0 Å². The van der Waals surface area contributed by atoms with E-state index in [2.05, 4.69) is 12.2 Å². The number of furan rings is 1. The molecule has 2 rings (SSSR count). The molecule has 1 unspecified atom stereocenters. The maximum absolute atomic E-state index is 11.1. The summed E-state index contributed by atoms with van der Waals surface area (Å²) in [5.74, 6) is 0.924. The van der Waals surface area contributed by atoms with E-state index in [1.807, 2.05) is 12.1 Å². The van der Waals surface area contributed by atoms with E-state index in [1.54, 1.807) is 6.26 Å². The lowest BCUT2D eigenvalue weighted by molar-refractivity contribution is -0.122. The molecule has 1 aliphatic carbocycles. The Bertz CT molecular complexity index is 367. The van der Waals surface area contributed by atoms with Crippen LogP contribution in [0, 0.1) is 5.92 Å². The summed E-state index contributed by atoms with van der Waals surface area (Å²) in [4.78, 5) is 11.1. The molecular weight excluding hydrogens is 228 g/mol. The van der Waals surface area contributed by atoms with Gasteiger partial charge in [-0.1, -0.05) is 6.92 Å². The highest BCUT2D eigenvalue weighted by Crippen LogP contribution is 2.27. The second-order valence-corrected chi connectivity index (χ2v) is 5.09. The van der Waals surface area contributed by atoms with Gasteiger partial charge in [-0.3, -0.25) is 4.79 Å². The molecule has 1 aliphatic rings. The highest BCUT2D eigenvalue weighted by atomic mass is 16.3. The summed E-state index contributed by atoms with van der Waals surface area (Å²) in [5, 5.41) is 3.62. The van der Waals surface area contributed by atoms with Gasteiger partial charge in [0, 0.05) is 12.0 Å². The standard InChI is InChI=1S/C14H22N2O2/c1-2-12(13-4-3-9-18-13)16-11-7-5-10(6-8-11)14(15)17/h3-4,9-12,16H,2,5-8H2,1H3,(H2,15,17). The molecule has 0 aromatic carbocycles. The molecule has 18 heavy (non-hydrogen) atoms. The summed E-state index contributed by atoms with van der Waals surface area (Å²) in [6.07, 6.45) is 6.56. The Morgan fingerprint density at radius 1 is 1.50 bits per heavy atom. The van der Waals surface area contributed by atoms with Crippen LogP contribution in [0.2, 0.25) is 0 Å². The van der Waals surface area contributed by atoms with Crippen molar-refractivity contribution in [2.45, 2.75) is 51.1 Å². The molecule has 0 aliphatic heterocycles. The minimum atomic E-state index is -0.147. The number of carbonyl (C=O) groups excluding carboxylic acids is 1. The minimum absolute atomic E-state index is 0.0757. The van der Waals surface area contributed by atoms with Crippen molar-refractivity contribution in [3.63, 3.8) is 0 Å². The van der Waals surface area contributed by atoms with Crippen LogP contribution in [-0.2, 0) is 4.79 Å². The SMILES string of the molecule is CCC(NC1CCC(C(N)=O)CC1)c1ccco1. The predicted octanol–water partition coefficient (Wildman–Crippen LogP) is 2.36. The van der Waals surface area contributed by atoms with Crippen LogP contribution in [0.5, 0.6) is 0 Å². The zero-order valence-electron chi connectivity index (χ0n) is 10.9. The van der Waals surface area contributed by atoms with Crippen molar-refractivity contribution >= 4 is 5.91 Å². The van der Waals surface area contributed by atoms with Crippen molar-refractivity contribution in [2.75, 3.05) is 0 Å². The molecule has 1 atom stereocenters. The van der Waals surface area contributed by atoms with Crippen LogP contribution in [0.4, 0.5) is 0 Å². The van der Waals surface area contributed by atoms with Gasteiger partial charge >= 0.3 is 0 Å². The first-order valence-corrected chi connectivity index (χ1v) is 6.79. The molecule has 1 aromatic heterocycles. The smallest absolute Gasteiger partial charge is 0.220 e. The van der Waals surface area contributed by atoms with Gasteiger partial charge in [0.2, 0.25) is 5.91 Å². The van der Waals surface area contributed by atoms with Crippen LogP contribution < -0.4 is 11.1 Å². The van der Waals surface area contributed by atoms with Crippen molar-refractivity contribution in [3.05, 3.63) is 24.2 Å². The lowest BCUT2D eigenvalue weighted by Crippen LogP contribution is -2.38. The number of primary amides is 1. The van der Waals surface area contributed by atoms with E-state index in [9.17, 15) is 4.79 Å². The highest BCUT2D eigenvalue weighted by Gasteiger charge is 2.26. The van der Waals surface area contributed by atoms with Crippen molar-refractivity contribution < 1.29 is 9.21 Å². The number of nitrogens with two attached hydrogens (primary N) is 1. The predicted molar refractivity (Wildman–Crippen MR) is 69.8 cm³/mol. The molecule has 1 heterocycles. The third kappa shape index (κ3) is 3.13. The monoisotopic (exact) mass is 250 g/mol. The first-order valence-electron chi connectivity index (χ1n) is 6.79. The maximum Gasteiger partial charge on any atom is 0.220 e. The number of hydrogen-bond acceptors (Lipinski definition) is 3. The fourth-order valence-corrected chi connectivity index (χ4v) is 2.72. The van der Waals surface area contributed by atoms with Crippen molar-refractivity contribution in [3.8, 4) is 0 Å². The van der Waals surface area contributed by atoms with Crippen molar-refractivity contribution in [1.29, 1.82) is 0 Å². The van der Waals surface area contributed by atoms with E-state index in [0.717, 1.165) is 37.9 Å². The summed E-state index contributed by atoms with van der Waals surface area (Å²) in [6, 6.07) is 4.67. The first-order chi connectivity index (χ1) is 8.70. The number of rotatable bonds is 5. The van der Waals surface area contributed by atoms with Gasteiger partial charge in [-0.05, 0) is 44.2 Å². The number of nitrogens with one attached hydrogen (secondary N) is 1. The molecule has 1 saturated carbocycles. The third-order valence-electron chi connectivity index (χ3n) is 3.86. The summed E-state index contributed by atoms with van der Waals surface area (Å²) in [7, 11) is 0.